The Morgan fingerprint density at radius 2 is 2.32 bits per heavy atom. The van der Waals surface area contributed by atoms with Gasteiger partial charge in [0.25, 0.3) is 5.91 Å². The summed E-state index contributed by atoms with van der Waals surface area (Å²) in [4.78, 5) is 22.9. The number of nitrogens with one attached hydrogen (secondary N) is 1. The van der Waals surface area contributed by atoms with E-state index in [9.17, 15) is 14.9 Å². The summed E-state index contributed by atoms with van der Waals surface area (Å²) in [7, 11) is 0. The van der Waals surface area contributed by atoms with Gasteiger partial charge in [-0.3, -0.25) is 19.6 Å². The van der Waals surface area contributed by atoms with Crippen molar-refractivity contribution in [3.8, 4) is 0 Å². The van der Waals surface area contributed by atoms with Gasteiger partial charge in [0.15, 0.2) is 0 Å². The van der Waals surface area contributed by atoms with E-state index in [1.807, 2.05) is 13.8 Å². The average Bonchev–Trinajstić information content (AvgIpc) is 3.20. The van der Waals surface area contributed by atoms with Crippen molar-refractivity contribution in [2.24, 2.45) is 17.8 Å². The highest BCUT2D eigenvalue weighted by Gasteiger charge is 2.42. The third kappa shape index (κ3) is 2.60. The molecule has 120 valence electrons. The second-order valence-electron chi connectivity index (χ2n) is 6.58. The molecule has 2 aliphatic rings. The fourth-order valence-electron chi connectivity index (χ4n) is 4.16. The van der Waals surface area contributed by atoms with Crippen LogP contribution in [0.25, 0.3) is 0 Å². The van der Waals surface area contributed by atoms with Crippen molar-refractivity contribution in [1.29, 1.82) is 0 Å². The summed E-state index contributed by atoms with van der Waals surface area (Å²) in [6.45, 7) is 4.33. The van der Waals surface area contributed by atoms with E-state index < -0.39 is 10.8 Å². The maximum absolute atomic E-state index is 12.4. The van der Waals surface area contributed by atoms with Gasteiger partial charge < -0.3 is 5.32 Å². The lowest BCUT2D eigenvalue weighted by molar-refractivity contribution is -0.385. The van der Waals surface area contributed by atoms with E-state index in [4.69, 9.17) is 0 Å². The Balaban J connectivity index is 1.71. The molecule has 2 saturated carbocycles. The molecule has 1 N–H and O–H groups in total. The predicted molar refractivity (Wildman–Crippen MR) is 80.4 cm³/mol. The fourth-order valence-corrected chi connectivity index (χ4v) is 4.16. The minimum absolute atomic E-state index is 0.0363. The fraction of sp³-hybridized carbons (Fsp3) is 0.733. The van der Waals surface area contributed by atoms with Crippen LogP contribution >= 0.6 is 0 Å². The molecule has 1 aromatic heterocycles. The summed E-state index contributed by atoms with van der Waals surface area (Å²) in [5.74, 6) is 1.57. The minimum Gasteiger partial charge on any atom is -0.348 e. The van der Waals surface area contributed by atoms with Gasteiger partial charge in [0.2, 0.25) is 5.69 Å². The van der Waals surface area contributed by atoms with Crippen LogP contribution in [0.5, 0.6) is 0 Å². The lowest BCUT2D eigenvalue weighted by Gasteiger charge is -2.28. The van der Waals surface area contributed by atoms with Crippen LogP contribution in [0.3, 0.4) is 0 Å². The van der Waals surface area contributed by atoms with E-state index in [2.05, 4.69) is 10.4 Å². The molecule has 0 spiro atoms. The van der Waals surface area contributed by atoms with E-state index >= 15 is 0 Å². The van der Waals surface area contributed by atoms with E-state index in [0.29, 0.717) is 18.4 Å². The first-order valence-corrected chi connectivity index (χ1v) is 8.02. The molecule has 0 aliphatic heterocycles. The molecular weight excluding hydrogens is 284 g/mol. The lowest BCUT2D eigenvalue weighted by Crippen LogP contribution is -2.40. The third-order valence-electron chi connectivity index (χ3n) is 5.27. The summed E-state index contributed by atoms with van der Waals surface area (Å²) >= 11 is 0. The Morgan fingerprint density at radius 1 is 1.55 bits per heavy atom. The number of amides is 1. The van der Waals surface area contributed by atoms with Gasteiger partial charge in [-0.25, -0.2) is 0 Å². The predicted octanol–water partition coefficient (Wildman–Crippen LogP) is 2.37. The Morgan fingerprint density at radius 3 is 2.86 bits per heavy atom. The summed E-state index contributed by atoms with van der Waals surface area (Å²) in [6.07, 6.45) is 6.32. The average molecular weight is 306 g/mol. The van der Waals surface area contributed by atoms with Crippen molar-refractivity contribution >= 4 is 11.6 Å². The number of hydrogen-bond acceptors (Lipinski definition) is 4. The summed E-state index contributed by atoms with van der Waals surface area (Å²) in [5, 5.41) is 18.1. The zero-order valence-electron chi connectivity index (χ0n) is 13.0. The highest BCUT2D eigenvalue weighted by atomic mass is 16.6. The van der Waals surface area contributed by atoms with Crippen molar-refractivity contribution in [3.05, 3.63) is 22.0 Å². The molecular formula is C15H22N4O3. The molecule has 7 heteroatoms. The largest absolute Gasteiger partial charge is 0.348 e. The Hall–Kier alpha value is -1.92. The van der Waals surface area contributed by atoms with Gasteiger partial charge in [0.05, 0.1) is 4.92 Å². The van der Waals surface area contributed by atoms with Crippen molar-refractivity contribution < 1.29 is 9.72 Å². The third-order valence-corrected chi connectivity index (χ3v) is 5.27. The molecule has 7 nitrogen and oxygen atoms in total. The number of aromatic nitrogens is 2. The van der Waals surface area contributed by atoms with Gasteiger partial charge in [-0.2, -0.15) is 5.10 Å². The molecule has 2 fully saturated rings. The van der Waals surface area contributed by atoms with Crippen LogP contribution in [-0.4, -0.2) is 26.7 Å². The van der Waals surface area contributed by atoms with Crippen molar-refractivity contribution in [2.75, 3.05) is 0 Å². The zero-order chi connectivity index (χ0) is 15.9. The minimum atomic E-state index is -0.545. The van der Waals surface area contributed by atoms with Crippen LogP contribution < -0.4 is 5.32 Å². The summed E-state index contributed by atoms with van der Waals surface area (Å²) < 4.78 is 1.43. The number of aryl methyl sites for hydroxylation is 1. The molecule has 0 unspecified atom stereocenters. The number of hydrogen-bond donors (Lipinski definition) is 1. The molecule has 0 aromatic carbocycles. The van der Waals surface area contributed by atoms with Crippen LogP contribution in [0.2, 0.25) is 0 Å². The first-order chi connectivity index (χ1) is 10.5. The number of carbonyl (C=O) groups excluding carboxylic acids is 1. The molecule has 2 aliphatic carbocycles. The van der Waals surface area contributed by atoms with Gasteiger partial charge in [-0.1, -0.05) is 6.42 Å². The van der Waals surface area contributed by atoms with Gasteiger partial charge in [0.1, 0.15) is 6.20 Å². The quantitative estimate of drug-likeness (QED) is 0.668. The smallest absolute Gasteiger partial charge is 0.320 e. The normalized spacial score (nSPS) is 27.8. The van der Waals surface area contributed by atoms with Gasteiger partial charge in [-0.15, -0.1) is 0 Å². The summed E-state index contributed by atoms with van der Waals surface area (Å²) in [5.41, 5.74) is -0.304. The molecule has 1 heterocycles. The molecule has 4 atom stereocenters. The Kier molecular flexibility index (Phi) is 3.88. The molecule has 1 aromatic rings. The standard InChI is InChI=1S/C15H22N4O3/c1-3-18-8-13(19(21)22)14(17-18)15(20)16-9(2)12-7-10-4-5-11(12)6-10/h8-12H,3-7H2,1-2H3,(H,16,20)/t9-,10+,11+,12-/m1/s1. The Bertz CT molecular complexity index is 598. The topological polar surface area (TPSA) is 90.1 Å². The van der Waals surface area contributed by atoms with Crippen LogP contribution in [0, 0.1) is 27.9 Å². The second-order valence-corrected chi connectivity index (χ2v) is 6.58. The summed E-state index contributed by atoms with van der Waals surface area (Å²) in [6, 6.07) is 0.0363. The number of fused-ring (bicyclic) bond motifs is 2. The molecule has 22 heavy (non-hydrogen) atoms. The van der Waals surface area contributed by atoms with Gasteiger partial charge in [-0.05, 0) is 50.9 Å². The Labute approximate surface area is 129 Å². The van der Waals surface area contributed by atoms with Crippen LogP contribution in [0.1, 0.15) is 50.0 Å². The van der Waals surface area contributed by atoms with Crippen LogP contribution in [0.4, 0.5) is 5.69 Å². The highest BCUT2D eigenvalue weighted by Crippen LogP contribution is 2.49. The van der Waals surface area contributed by atoms with Crippen molar-refractivity contribution in [3.63, 3.8) is 0 Å². The number of carbonyl (C=O) groups is 1. The monoisotopic (exact) mass is 306 g/mol. The first kappa shape index (κ1) is 15.0. The first-order valence-electron chi connectivity index (χ1n) is 8.02. The number of nitrogens with zero attached hydrogens (tertiary/aromatic N) is 3. The van der Waals surface area contributed by atoms with E-state index in [1.165, 1.54) is 30.1 Å². The van der Waals surface area contributed by atoms with E-state index in [0.717, 1.165) is 12.3 Å². The number of rotatable bonds is 5. The van der Waals surface area contributed by atoms with Gasteiger partial charge >= 0.3 is 5.69 Å². The SMILES string of the molecule is CCn1cc([N+](=O)[O-])c(C(=O)N[C@H](C)[C@H]2C[C@H]3CC[C@H]2C3)n1. The van der Waals surface area contributed by atoms with Crippen LogP contribution in [-0.2, 0) is 6.54 Å². The number of nitro groups is 1. The molecule has 1 amide bonds. The highest BCUT2D eigenvalue weighted by molar-refractivity contribution is 5.96. The van der Waals surface area contributed by atoms with Crippen LogP contribution in [0.15, 0.2) is 6.20 Å². The lowest BCUT2D eigenvalue weighted by atomic mass is 9.84. The molecule has 0 saturated heterocycles. The maximum atomic E-state index is 12.4. The van der Waals surface area contributed by atoms with Crippen molar-refractivity contribution in [1.82, 2.24) is 15.1 Å². The zero-order valence-corrected chi connectivity index (χ0v) is 13.0. The molecule has 2 bridgehead atoms. The van der Waals surface area contributed by atoms with E-state index in [1.54, 1.807) is 0 Å². The second kappa shape index (κ2) is 5.70. The van der Waals surface area contributed by atoms with Crippen molar-refractivity contribution in [2.45, 2.75) is 52.1 Å². The van der Waals surface area contributed by atoms with E-state index in [-0.39, 0.29) is 17.4 Å². The maximum Gasteiger partial charge on any atom is 0.320 e. The molecule has 0 radical (unpaired) electrons. The molecule has 3 rings (SSSR count). The van der Waals surface area contributed by atoms with Gasteiger partial charge in [0, 0.05) is 12.6 Å².